The first kappa shape index (κ1) is 10.1. The summed E-state index contributed by atoms with van der Waals surface area (Å²) >= 11 is 0. The molecule has 2 atom stereocenters. The average molecular weight is 166 g/mol. The third-order valence-electron chi connectivity index (χ3n) is 3.16. The second-order valence-electron chi connectivity index (χ2n) is 4.16. The Morgan fingerprint density at radius 3 is 2.83 bits per heavy atom. The fraction of sp³-hybridized carbons (Fsp3) is 1.00. The van der Waals surface area contributed by atoms with Crippen molar-refractivity contribution in [2.75, 3.05) is 6.54 Å². The molecule has 0 aliphatic carbocycles. The molecule has 1 saturated heterocycles. The molecule has 1 aliphatic heterocycles. The lowest BCUT2D eigenvalue weighted by Gasteiger charge is -2.29. The molecular weight excluding hydrogens is 145 g/mol. The van der Waals surface area contributed by atoms with Crippen molar-refractivity contribution in [3.8, 4) is 0 Å². The van der Waals surface area contributed by atoms with Gasteiger partial charge >= 0.3 is 0 Å². The summed E-state index contributed by atoms with van der Waals surface area (Å²) in [4.78, 5) is 0. The molecule has 12 heavy (non-hydrogen) atoms. The highest BCUT2D eigenvalue weighted by Crippen LogP contribution is 2.39. The lowest BCUT2D eigenvalue weighted by molar-refractivity contribution is 0.482. The highest BCUT2D eigenvalue weighted by Gasteiger charge is 2.36. The van der Waals surface area contributed by atoms with E-state index in [0.717, 1.165) is 6.04 Å². The molecular formula is C10H21BN. The van der Waals surface area contributed by atoms with Crippen molar-refractivity contribution in [2.24, 2.45) is 0 Å². The molecule has 1 nitrogen and oxygen atoms in total. The summed E-state index contributed by atoms with van der Waals surface area (Å²) in [5.74, 6) is 0. The van der Waals surface area contributed by atoms with Crippen LogP contribution >= 0.6 is 0 Å². The third-order valence-corrected chi connectivity index (χ3v) is 3.16. The van der Waals surface area contributed by atoms with Crippen LogP contribution in [-0.4, -0.2) is 19.9 Å². The van der Waals surface area contributed by atoms with E-state index in [9.17, 15) is 0 Å². The summed E-state index contributed by atoms with van der Waals surface area (Å²) < 4.78 is 0. The van der Waals surface area contributed by atoms with Crippen LogP contribution in [0.1, 0.15) is 40.0 Å². The highest BCUT2D eigenvalue weighted by molar-refractivity contribution is 6.40. The molecule has 1 fully saturated rings. The summed E-state index contributed by atoms with van der Waals surface area (Å²) in [6.45, 7) is 8.14. The highest BCUT2D eigenvalue weighted by atomic mass is 15.0. The first-order chi connectivity index (χ1) is 5.73. The Bertz CT molecular complexity index is 138. The summed E-state index contributed by atoms with van der Waals surface area (Å²) in [6.07, 6.45) is 5.14. The molecule has 1 N–H and O–H groups in total. The Hall–Kier alpha value is 0.0249. The van der Waals surface area contributed by atoms with Crippen molar-refractivity contribution >= 4 is 7.28 Å². The number of hydrogen-bond donors (Lipinski definition) is 1. The van der Waals surface area contributed by atoms with Crippen LogP contribution in [-0.2, 0) is 0 Å². The zero-order chi connectivity index (χ0) is 9.03. The van der Waals surface area contributed by atoms with Crippen LogP contribution in [0.3, 0.4) is 0 Å². The van der Waals surface area contributed by atoms with Crippen LogP contribution < -0.4 is 5.32 Å². The molecule has 0 amide bonds. The Kier molecular flexibility index (Phi) is 3.63. The molecule has 1 aliphatic rings. The van der Waals surface area contributed by atoms with E-state index in [1.807, 2.05) is 0 Å². The van der Waals surface area contributed by atoms with Crippen LogP contribution in [0.5, 0.6) is 0 Å². The van der Waals surface area contributed by atoms with Crippen LogP contribution in [0.15, 0.2) is 0 Å². The fourth-order valence-corrected chi connectivity index (χ4v) is 2.25. The Morgan fingerprint density at radius 2 is 2.25 bits per heavy atom. The van der Waals surface area contributed by atoms with E-state index in [4.69, 9.17) is 0 Å². The predicted molar refractivity (Wildman–Crippen MR) is 55.9 cm³/mol. The van der Waals surface area contributed by atoms with Crippen molar-refractivity contribution in [1.82, 2.24) is 5.32 Å². The summed E-state index contributed by atoms with van der Waals surface area (Å²) in [6, 6.07) is 0.726. The minimum absolute atomic E-state index is 0.477. The van der Waals surface area contributed by atoms with Gasteiger partial charge in [-0.1, -0.05) is 33.5 Å². The molecule has 0 aromatic carbocycles. The van der Waals surface area contributed by atoms with E-state index in [2.05, 4.69) is 33.4 Å². The maximum absolute atomic E-state index is 3.57. The normalized spacial score (nSPS) is 35.4. The van der Waals surface area contributed by atoms with Crippen LogP contribution in [0.2, 0.25) is 11.6 Å². The van der Waals surface area contributed by atoms with Gasteiger partial charge in [-0.15, -0.1) is 0 Å². The molecule has 1 rings (SSSR count). The fourth-order valence-electron chi connectivity index (χ4n) is 2.25. The standard InChI is InChI=1S/C10H21BN/c1-4-7-11-10(3)6-8-12-9(10)5-2/h9,12H,4-8H2,1-3H3. The maximum Gasteiger partial charge on any atom is 0.119 e. The molecule has 2 unspecified atom stereocenters. The van der Waals surface area contributed by atoms with Crippen LogP contribution in [0.4, 0.5) is 0 Å². The smallest absolute Gasteiger partial charge is 0.119 e. The SMILES string of the molecule is CCC[B]C1(C)CCNC1CC. The topological polar surface area (TPSA) is 12.0 Å². The summed E-state index contributed by atoms with van der Waals surface area (Å²) in [7, 11) is 2.53. The zero-order valence-electron chi connectivity index (χ0n) is 8.69. The maximum atomic E-state index is 3.57. The van der Waals surface area contributed by atoms with Crippen molar-refractivity contribution < 1.29 is 0 Å². The zero-order valence-corrected chi connectivity index (χ0v) is 8.69. The van der Waals surface area contributed by atoms with Gasteiger partial charge < -0.3 is 5.32 Å². The average Bonchev–Trinajstić information content (AvgIpc) is 2.44. The van der Waals surface area contributed by atoms with E-state index in [1.54, 1.807) is 0 Å². The van der Waals surface area contributed by atoms with E-state index < -0.39 is 0 Å². The van der Waals surface area contributed by atoms with Gasteiger partial charge in [0, 0.05) is 6.04 Å². The van der Waals surface area contributed by atoms with Gasteiger partial charge in [0.2, 0.25) is 0 Å². The molecule has 0 aromatic rings. The first-order valence-corrected chi connectivity index (χ1v) is 5.30. The monoisotopic (exact) mass is 166 g/mol. The van der Waals surface area contributed by atoms with E-state index >= 15 is 0 Å². The Balaban J connectivity index is 2.43. The molecule has 0 spiro atoms. The lowest BCUT2D eigenvalue weighted by Crippen LogP contribution is -2.32. The number of rotatable bonds is 4. The second kappa shape index (κ2) is 4.31. The first-order valence-electron chi connectivity index (χ1n) is 5.30. The summed E-state index contributed by atoms with van der Waals surface area (Å²) in [5.41, 5.74) is 0. The molecule has 0 aromatic heterocycles. The molecule has 0 bridgehead atoms. The number of nitrogens with one attached hydrogen (secondary N) is 1. The van der Waals surface area contributed by atoms with Crippen molar-refractivity contribution in [2.45, 2.75) is 57.7 Å². The van der Waals surface area contributed by atoms with Gasteiger partial charge in [0.15, 0.2) is 0 Å². The van der Waals surface area contributed by atoms with Crippen LogP contribution in [0, 0.1) is 0 Å². The van der Waals surface area contributed by atoms with Gasteiger partial charge in [-0.05, 0) is 24.7 Å². The van der Waals surface area contributed by atoms with Gasteiger partial charge in [0.1, 0.15) is 7.28 Å². The van der Waals surface area contributed by atoms with Crippen molar-refractivity contribution in [3.05, 3.63) is 0 Å². The molecule has 2 heteroatoms. The Labute approximate surface area is 77.6 Å². The molecule has 1 radical (unpaired) electrons. The molecule has 69 valence electrons. The van der Waals surface area contributed by atoms with Crippen molar-refractivity contribution in [1.29, 1.82) is 0 Å². The van der Waals surface area contributed by atoms with Gasteiger partial charge in [-0.3, -0.25) is 0 Å². The number of hydrogen-bond acceptors (Lipinski definition) is 1. The minimum atomic E-state index is 0.477. The predicted octanol–water partition coefficient (Wildman–Crippen LogP) is 2.47. The molecule has 0 saturated carbocycles. The second-order valence-corrected chi connectivity index (χ2v) is 4.16. The largest absolute Gasteiger partial charge is 0.314 e. The minimum Gasteiger partial charge on any atom is -0.314 e. The van der Waals surface area contributed by atoms with Gasteiger partial charge in [-0.25, -0.2) is 0 Å². The van der Waals surface area contributed by atoms with Crippen molar-refractivity contribution in [3.63, 3.8) is 0 Å². The van der Waals surface area contributed by atoms with Crippen LogP contribution in [0.25, 0.3) is 0 Å². The van der Waals surface area contributed by atoms with Gasteiger partial charge in [-0.2, -0.15) is 0 Å². The lowest BCUT2D eigenvalue weighted by atomic mass is 9.47. The third kappa shape index (κ3) is 2.04. The van der Waals surface area contributed by atoms with E-state index in [1.165, 1.54) is 32.1 Å². The Morgan fingerprint density at radius 1 is 1.50 bits per heavy atom. The molecule has 1 heterocycles. The quantitative estimate of drug-likeness (QED) is 0.632. The van der Waals surface area contributed by atoms with E-state index in [0.29, 0.717) is 5.31 Å². The van der Waals surface area contributed by atoms with E-state index in [-0.39, 0.29) is 0 Å². The summed E-state index contributed by atoms with van der Waals surface area (Å²) in [5, 5.41) is 4.05. The van der Waals surface area contributed by atoms with Gasteiger partial charge in [0.05, 0.1) is 0 Å². The van der Waals surface area contributed by atoms with Gasteiger partial charge in [0.25, 0.3) is 0 Å².